The fourth-order valence-electron chi connectivity index (χ4n) is 3.47. The second-order valence-corrected chi connectivity index (χ2v) is 8.25. The molecule has 0 radical (unpaired) electrons. The van der Waals surface area contributed by atoms with Crippen molar-refractivity contribution in [3.63, 3.8) is 0 Å². The lowest BCUT2D eigenvalue weighted by Crippen LogP contribution is -2.32. The summed E-state index contributed by atoms with van der Waals surface area (Å²) in [7, 11) is 0. The fraction of sp³-hybridized carbons (Fsp3) is 0.154. The highest BCUT2D eigenvalue weighted by Crippen LogP contribution is 2.22. The maximum atomic E-state index is 14.2. The van der Waals surface area contributed by atoms with Gasteiger partial charge in [-0.3, -0.25) is 4.79 Å². The van der Waals surface area contributed by atoms with Gasteiger partial charge in [-0.25, -0.2) is 8.78 Å². The second kappa shape index (κ2) is 10.8. The van der Waals surface area contributed by atoms with Crippen LogP contribution in [0.15, 0.2) is 66.7 Å². The van der Waals surface area contributed by atoms with E-state index in [0.717, 1.165) is 11.1 Å². The van der Waals surface area contributed by atoms with Gasteiger partial charge in [0.25, 0.3) is 0 Å². The Morgan fingerprint density at radius 2 is 1.22 bits per heavy atom. The van der Waals surface area contributed by atoms with Gasteiger partial charge in [0.2, 0.25) is 23.8 Å². The van der Waals surface area contributed by atoms with Crippen molar-refractivity contribution in [1.82, 2.24) is 15.0 Å². The minimum Gasteiger partial charge on any atom is -0.342 e. The van der Waals surface area contributed by atoms with Gasteiger partial charge in [0.15, 0.2) is 0 Å². The molecule has 1 atom stereocenters. The number of rotatable bonds is 8. The third-order valence-electron chi connectivity index (χ3n) is 5.10. The molecule has 1 amide bonds. The number of halogens is 2. The molecule has 0 spiro atoms. The maximum Gasteiger partial charge on any atom is 0.246 e. The zero-order valence-electron chi connectivity index (χ0n) is 19.9. The van der Waals surface area contributed by atoms with E-state index in [9.17, 15) is 13.6 Å². The van der Waals surface area contributed by atoms with E-state index >= 15 is 0 Å². The number of carbonyl (C=O) groups is 1. The van der Waals surface area contributed by atoms with E-state index in [1.807, 2.05) is 32.0 Å². The first-order valence-corrected chi connectivity index (χ1v) is 11.2. The summed E-state index contributed by atoms with van der Waals surface area (Å²) in [6.07, 6.45) is 0. The largest absolute Gasteiger partial charge is 0.342 e. The van der Waals surface area contributed by atoms with Crippen LogP contribution in [0.25, 0.3) is 0 Å². The topological polar surface area (TPSA) is 104 Å². The summed E-state index contributed by atoms with van der Waals surface area (Å²) in [4.78, 5) is 25.6. The number of aromatic nitrogens is 3. The molecule has 10 heteroatoms. The summed E-state index contributed by atoms with van der Waals surface area (Å²) in [6, 6.07) is 17.1. The first kappa shape index (κ1) is 24.5. The number of para-hydroxylation sites is 2. The van der Waals surface area contributed by atoms with Crippen molar-refractivity contribution < 1.29 is 13.6 Å². The molecule has 0 saturated carbocycles. The number of carbonyl (C=O) groups excluding carboxylic acids is 1. The Hall–Kier alpha value is -4.60. The molecule has 4 rings (SSSR count). The highest BCUT2D eigenvalue weighted by atomic mass is 19.1. The Morgan fingerprint density at radius 1 is 0.750 bits per heavy atom. The van der Waals surface area contributed by atoms with Crippen LogP contribution in [-0.4, -0.2) is 26.9 Å². The maximum absolute atomic E-state index is 14.2. The van der Waals surface area contributed by atoms with Gasteiger partial charge in [-0.2, -0.15) is 15.0 Å². The van der Waals surface area contributed by atoms with E-state index in [4.69, 9.17) is 0 Å². The molecule has 4 aromatic rings. The predicted octanol–water partition coefficient (Wildman–Crippen LogP) is 5.69. The van der Waals surface area contributed by atoms with Gasteiger partial charge in [-0.05, 0) is 68.3 Å². The van der Waals surface area contributed by atoms with Crippen LogP contribution in [0.2, 0.25) is 0 Å². The molecule has 0 aliphatic carbocycles. The molecule has 4 N–H and O–H groups in total. The molecule has 0 fully saturated rings. The van der Waals surface area contributed by atoms with Gasteiger partial charge in [-0.1, -0.05) is 30.3 Å². The van der Waals surface area contributed by atoms with Gasteiger partial charge >= 0.3 is 0 Å². The zero-order chi connectivity index (χ0) is 25.7. The molecule has 3 aromatic carbocycles. The number of nitrogens with one attached hydrogen (secondary N) is 4. The van der Waals surface area contributed by atoms with Crippen molar-refractivity contribution in [3.05, 3.63) is 89.5 Å². The lowest BCUT2D eigenvalue weighted by Gasteiger charge is -2.16. The molecule has 36 heavy (non-hydrogen) atoms. The summed E-state index contributed by atoms with van der Waals surface area (Å²) in [5.74, 6) is -1.29. The molecular weight excluding hydrogens is 464 g/mol. The van der Waals surface area contributed by atoms with Crippen LogP contribution in [0.1, 0.15) is 18.1 Å². The van der Waals surface area contributed by atoms with E-state index in [2.05, 4.69) is 36.2 Å². The Balaban J connectivity index is 1.58. The molecular formula is C26H25F2N7O. The van der Waals surface area contributed by atoms with Crippen LogP contribution in [-0.2, 0) is 4.79 Å². The summed E-state index contributed by atoms with van der Waals surface area (Å²) < 4.78 is 28.4. The Bertz CT molecular complexity index is 1310. The second-order valence-electron chi connectivity index (χ2n) is 8.25. The van der Waals surface area contributed by atoms with Crippen LogP contribution in [0.3, 0.4) is 0 Å². The van der Waals surface area contributed by atoms with Crippen molar-refractivity contribution in [2.24, 2.45) is 0 Å². The summed E-state index contributed by atoms with van der Waals surface area (Å²) in [5.41, 5.74) is 3.01. The number of benzene rings is 3. The van der Waals surface area contributed by atoms with Crippen molar-refractivity contribution in [1.29, 1.82) is 0 Å². The SMILES string of the molecule is Cc1cc(C)cc(NC(=O)C(C)Nc2nc(Nc3ccccc3F)nc(Nc3ccccc3F)n2)c1. The van der Waals surface area contributed by atoms with E-state index in [1.165, 1.54) is 24.3 Å². The quantitative estimate of drug-likeness (QED) is 0.252. The molecule has 0 saturated heterocycles. The first-order valence-electron chi connectivity index (χ1n) is 11.2. The standard InChI is InChI=1S/C26H25F2N7O/c1-15-12-16(2)14-18(13-15)30-23(36)17(3)29-24-33-25(31-21-10-6-4-8-19(21)27)35-26(34-24)32-22-11-7-5-9-20(22)28/h4-14,17H,1-3H3,(H,30,36)(H3,29,31,32,33,34,35). The molecule has 1 heterocycles. The van der Waals surface area contributed by atoms with Crippen molar-refractivity contribution in [3.8, 4) is 0 Å². The van der Waals surface area contributed by atoms with Gasteiger partial charge in [0, 0.05) is 5.69 Å². The van der Waals surface area contributed by atoms with E-state index in [-0.39, 0.29) is 35.1 Å². The van der Waals surface area contributed by atoms with Crippen LogP contribution in [0, 0.1) is 25.5 Å². The number of anilines is 6. The van der Waals surface area contributed by atoms with Gasteiger partial charge in [-0.15, -0.1) is 0 Å². The third-order valence-corrected chi connectivity index (χ3v) is 5.10. The predicted molar refractivity (Wildman–Crippen MR) is 137 cm³/mol. The first-order chi connectivity index (χ1) is 17.3. The normalized spacial score (nSPS) is 11.5. The summed E-state index contributed by atoms with van der Waals surface area (Å²) in [5, 5.41) is 11.4. The van der Waals surface area contributed by atoms with Gasteiger partial charge in [0.1, 0.15) is 17.7 Å². The number of aryl methyl sites for hydroxylation is 2. The summed E-state index contributed by atoms with van der Waals surface area (Å²) in [6.45, 7) is 5.54. The molecule has 0 aliphatic rings. The monoisotopic (exact) mass is 489 g/mol. The lowest BCUT2D eigenvalue weighted by molar-refractivity contribution is -0.116. The number of hydrogen-bond acceptors (Lipinski definition) is 7. The van der Waals surface area contributed by atoms with Crippen molar-refractivity contribution in [2.45, 2.75) is 26.8 Å². The fourth-order valence-corrected chi connectivity index (χ4v) is 3.47. The average Bonchev–Trinajstić information content (AvgIpc) is 2.81. The van der Waals surface area contributed by atoms with Gasteiger partial charge < -0.3 is 21.3 Å². The molecule has 8 nitrogen and oxygen atoms in total. The van der Waals surface area contributed by atoms with Crippen molar-refractivity contribution in [2.75, 3.05) is 21.3 Å². The Kier molecular flexibility index (Phi) is 7.33. The highest BCUT2D eigenvalue weighted by molar-refractivity contribution is 5.96. The molecule has 184 valence electrons. The number of hydrogen-bond donors (Lipinski definition) is 4. The lowest BCUT2D eigenvalue weighted by atomic mass is 10.1. The molecule has 1 unspecified atom stereocenters. The Morgan fingerprint density at radius 3 is 1.72 bits per heavy atom. The Labute approximate surface area is 207 Å². The molecule has 1 aromatic heterocycles. The minimum absolute atomic E-state index is 0.00152. The highest BCUT2D eigenvalue weighted by Gasteiger charge is 2.17. The van der Waals surface area contributed by atoms with Crippen LogP contribution < -0.4 is 21.3 Å². The van der Waals surface area contributed by atoms with E-state index in [0.29, 0.717) is 5.69 Å². The van der Waals surface area contributed by atoms with Crippen LogP contribution >= 0.6 is 0 Å². The minimum atomic E-state index is -0.740. The van der Waals surface area contributed by atoms with E-state index in [1.54, 1.807) is 31.2 Å². The zero-order valence-corrected chi connectivity index (χ0v) is 19.9. The van der Waals surface area contributed by atoms with E-state index < -0.39 is 17.7 Å². The van der Waals surface area contributed by atoms with Gasteiger partial charge in [0.05, 0.1) is 11.4 Å². The number of amides is 1. The van der Waals surface area contributed by atoms with Crippen LogP contribution in [0.5, 0.6) is 0 Å². The summed E-state index contributed by atoms with van der Waals surface area (Å²) >= 11 is 0. The van der Waals surface area contributed by atoms with Crippen LogP contribution in [0.4, 0.5) is 43.7 Å². The smallest absolute Gasteiger partial charge is 0.246 e. The molecule has 0 bridgehead atoms. The third kappa shape index (κ3) is 6.29. The average molecular weight is 490 g/mol. The molecule has 0 aliphatic heterocycles. The van der Waals surface area contributed by atoms with Crippen molar-refractivity contribution >= 4 is 40.8 Å². The number of nitrogens with zero attached hydrogens (tertiary/aromatic N) is 3.